The number of carbonyl (C=O) groups excluding carboxylic acids is 1. The summed E-state index contributed by atoms with van der Waals surface area (Å²) in [5, 5.41) is 2.99. The SMILES string of the molecule is C/C(=C/C(=O)Nc1cccc(CS(=O)C2CCOCC2)c1)c1cccc(F)c1. The topological polar surface area (TPSA) is 55.4 Å². The van der Waals surface area contributed by atoms with Gasteiger partial charge in [-0.2, -0.15) is 0 Å². The maximum Gasteiger partial charge on any atom is 0.248 e. The van der Waals surface area contributed by atoms with Crippen LogP contribution in [0.5, 0.6) is 0 Å². The number of hydrogen-bond acceptors (Lipinski definition) is 3. The molecule has 1 saturated heterocycles. The molecular weight excluding hydrogens is 377 g/mol. The Balaban J connectivity index is 1.62. The van der Waals surface area contributed by atoms with Crippen molar-refractivity contribution in [3.8, 4) is 0 Å². The van der Waals surface area contributed by atoms with Gasteiger partial charge >= 0.3 is 0 Å². The summed E-state index contributed by atoms with van der Waals surface area (Å²) in [6.45, 7) is 3.11. The molecule has 28 heavy (non-hydrogen) atoms. The molecule has 6 heteroatoms. The number of rotatable bonds is 6. The fourth-order valence-electron chi connectivity index (χ4n) is 3.15. The second-order valence-electron chi connectivity index (χ2n) is 6.86. The predicted molar refractivity (Wildman–Crippen MR) is 111 cm³/mol. The van der Waals surface area contributed by atoms with Crippen LogP contribution in [-0.2, 0) is 26.1 Å². The summed E-state index contributed by atoms with van der Waals surface area (Å²) in [4.78, 5) is 12.3. The van der Waals surface area contributed by atoms with Gasteiger partial charge in [0.15, 0.2) is 0 Å². The molecule has 3 rings (SSSR count). The van der Waals surface area contributed by atoms with Crippen molar-refractivity contribution in [2.45, 2.75) is 30.8 Å². The van der Waals surface area contributed by atoms with E-state index in [0.717, 1.165) is 18.4 Å². The molecule has 4 nitrogen and oxygen atoms in total. The van der Waals surface area contributed by atoms with Crippen LogP contribution in [0.2, 0.25) is 0 Å². The van der Waals surface area contributed by atoms with Crippen LogP contribution in [0.3, 0.4) is 0 Å². The standard InChI is InChI=1S/C22H24FNO3S/c1-16(18-5-3-6-19(23)14-18)12-22(25)24-20-7-2-4-17(13-20)15-28(26)21-8-10-27-11-9-21/h2-7,12-14,21H,8-11,15H2,1H3,(H,24,25)/b16-12-. The van der Waals surface area contributed by atoms with Crippen LogP contribution in [0.1, 0.15) is 30.9 Å². The van der Waals surface area contributed by atoms with Gasteiger partial charge in [-0.05, 0) is 60.7 Å². The Bertz CT molecular complexity index is 891. The number of amides is 1. The van der Waals surface area contributed by atoms with Gasteiger partial charge in [0.1, 0.15) is 5.82 Å². The highest BCUT2D eigenvalue weighted by Crippen LogP contribution is 2.19. The van der Waals surface area contributed by atoms with Crippen LogP contribution in [-0.4, -0.2) is 28.6 Å². The van der Waals surface area contributed by atoms with Crippen molar-refractivity contribution in [3.63, 3.8) is 0 Å². The van der Waals surface area contributed by atoms with Gasteiger partial charge in [0.25, 0.3) is 0 Å². The third-order valence-corrected chi connectivity index (χ3v) is 6.50. The van der Waals surface area contributed by atoms with Gasteiger partial charge in [-0.3, -0.25) is 9.00 Å². The normalized spacial score (nSPS) is 16.6. The molecule has 2 aromatic carbocycles. The van der Waals surface area contributed by atoms with E-state index >= 15 is 0 Å². The second-order valence-corrected chi connectivity index (χ2v) is 8.58. The fourth-order valence-corrected chi connectivity index (χ4v) is 4.61. The van der Waals surface area contributed by atoms with E-state index in [4.69, 9.17) is 4.74 Å². The molecule has 0 aromatic heterocycles. The smallest absolute Gasteiger partial charge is 0.248 e. The molecular formula is C22H24FNO3S. The number of benzene rings is 2. The van der Waals surface area contributed by atoms with Crippen LogP contribution in [0.15, 0.2) is 54.6 Å². The number of carbonyl (C=O) groups is 1. The quantitative estimate of drug-likeness (QED) is 0.735. The van der Waals surface area contributed by atoms with Crippen molar-refractivity contribution in [1.82, 2.24) is 0 Å². The van der Waals surface area contributed by atoms with Crippen molar-refractivity contribution in [3.05, 3.63) is 71.6 Å². The van der Waals surface area contributed by atoms with Crippen molar-refractivity contribution >= 4 is 28.0 Å². The second kappa shape index (κ2) is 9.75. The van der Waals surface area contributed by atoms with E-state index in [1.54, 1.807) is 25.1 Å². The Morgan fingerprint density at radius 3 is 2.71 bits per heavy atom. The van der Waals surface area contributed by atoms with Crippen LogP contribution < -0.4 is 5.32 Å². The molecule has 1 atom stereocenters. The lowest BCUT2D eigenvalue weighted by Crippen LogP contribution is -2.25. The highest BCUT2D eigenvalue weighted by molar-refractivity contribution is 7.84. The molecule has 0 bridgehead atoms. The molecule has 148 valence electrons. The Hall–Kier alpha value is -2.31. The molecule has 2 aromatic rings. The molecule has 0 saturated carbocycles. The Kier molecular flexibility index (Phi) is 7.12. The van der Waals surface area contributed by atoms with Crippen molar-refractivity contribution in [2.24, 2.45) is 0 Å². The zero-order valence-corrected chi connectivity index (χ0v) is 16.6. The first kappa shape index (κ1) is 20.4. The van der Waals surface area contributed by atoms with E-state index in [-0.39, 0.29) is 17.0 Å². The monoisotopic (exact) mass is 401 g/mol. The fraction of sp³-hybridized carbons (Fsp3) is 0.318. The van der Waals surface area contributed by atoms with Crippen molar-refractivity contribution in [2.75, 3.05) is 18.5 Å². The molecule has 1 N–H and O–H groups in total. The molecule has 1 heterocycles. The third kappa shape index (κ3) is 5.84. The zero-order chi connectivity index (χ0) is 19.9. The van der Waals surface area contributed by atoms with E-state index in [1.807, 2.05) is 18.2 Å². The van der Waals surface area contributed by atoms with Crippen LogP contribution in [0, 0.1) is 5.82 Å². The van der Waals surface area contributed by atoms with Crippen molar-refractivity contribution < 1.29 is 18.1 Å². The first-order valence-electron chi connectivity index (χ1n) is 9.30. The minimum atomic E-state index is -0.955. The lowest BCUT2D eigenvalue weighted by Gasteiger charge is -2.21. The van der Waals surface area contributed by atoms with E-state index in [0.29, 0.717) is 35.8 Å². The summed E-state index contributed by atoms with van der Waals surface area (Å²) in [7, 11) is -0.955. The van der Waals surface area contributed by atoms with Gasteiger partial charge < -0.3 is 10.1 Å². The highest BCUT2D eigenvalue weighted by Gasteiger charge is 2.20. The maximum absolute atomic E-state index is 13.3. The predicted octanol–water partition coefficient (Wildman–Crippen LogP) is 4.30. The molecule has 1 amide bonds. The van der Waals surface area contributed by atoms with E-state index < -0.39 is 10.8 Å². The van der Waals surface area contributed by atoms with E-state index in [1.165, 1.54) is 18.2 Å². The number of anilines is 1. The van der Waals surface area contributed by atoms with Gasteiger partial charge in [0.05, 0.1) is 0 Å². The van der Waals surface area contributed by atoms with Gasteiger partial charge in [-0.1, -0.05) is 24.3 Å². The Labute approximate surface area is 167 Å². The summed E-state index contributed by atoms with van der Waals surface area (Å²) in [6.07, 6.45) is 3.10. The number of nitrogens with one attached hydrogen (secondary N) is 1. The summed E-state index contributed by atoms with van der Waals surface area (Å²) in [6, 6.07) is 13.5. The first-order chi connectivity index (χ1) is 13.5. The van der Waals surface area contributed by atoms with Gasteiger partial charge in [-0.25, -0.2) is 4.39 Å². The number of allylic oxidation sites excluding steroid dienone is 1. The van der Waals surface area contributed by atoms with Crippen LogP contribution >= 0.6 is 0 Å². The summed E-state index contributed by atoms with van der Waals surface area (Å²) < 4.78 is 31.2. The molecule has 1 unspecified atom stereocenters. The van der Waals surface area contributed by atoms with E-state index in [9.17, 15) is 13.4 Å². The molecule has 0 spiro atoms. The zero-order valence-electron chi connectivity index (χ0n) is 15.8. The lowest BCUT2D eigenvalue weighted by molar-refractivity contribution is -0.111. The minimum Gasteiger partial charge on any atom is -0.381 e. The maximum atomic E-state index is 13.3. The largest absolute Gasteiger partial charge is 0.381 e. The molecule has 1 aliphatic rings. The van der Waals surface area contributed by atoms with Gasteiger partial charge in [-0.15, -0.1) is 0 Å². The average Bonchev–Trinajstić information content (AvgIpc) is 2.69. The molecule has 0 radical (unpaired) electrons. The molecule has 0 aliphatic carbocycles. The molecule has 1 fully saturated rings. The lowest BCUT2D eigenvalue weighted by atomic mass is 10.1. The molecule has 1 aliphatic heterocycles. The average molecular weight is 402 g/mol. The Morgan fingerprint density at radius 1 is 1.21 bits per heavy atom. The summed E-state index contributed by atoms with van der Waals surface area (Å²) >= 11 is 0. The summed E-state index contributed by atoms with van der Waals surface area (Å²) in [5.74, 6) is -0.160. The highest BCUT2D eigenvalue weighted by atomic mass is 32.2. The third-order valence-electron chi connectivity index (χ3n) is 4.67. The van der Waals surface area contributed by atoms with E-state index in [2.05, 4.69) is 5.32 Å². The van der Waals surface area contributed by atoms with Gasteiger partial charge in [0.2, 0.25) is 5.91 Å². The van der Waals surface area contributed by atoms with Crippen molar-refractivity contribution in [1.29, 1.82) is 0 Å². The summed E-state index contributed by atoms with van der Waals surface area (Å²) in [5.41, 5.74) is 2.91. The Morgan fingerprint density at radius 2 is 1.96 bits per heavy atom. The number of halogens is 1. The van der Waals surface area contributed by atoms with Gasteiger partial charge in [0, 0.05) is 46.8 Å². The number of hydrogen-bond donors (Lipinski definition) is 1. The van der Waals surface area contributed by atoms with Crippen LogP contribution in [0.4, 0.5) is 10.1 Å². The number of ether oxygens (including phenoxy) is 1. The first-order valence-corrected chi connectivity index (χ1v) is 10.7. The minimum absolute atomic E-state index is 0.170. The van der Waals surface area contributed by atoms with Crippen LogP contribution in [0.25, 0.3) is 5.57 Å².